The molecule has 0 amide bonds. The summed E-state index contributed by atoms with van der Waals surface area (Å²) in [5.74, 6) is 1.32. The van der Waals surface area contributed by atoms with Crippen LogP contribution in [0.1, 0.15) is 25.3 Å². The lowest BCUT2D eigenvalue weighted by atomic mass is 9.96. The molecule has 0 aliphatic heterocycles. The molecule has 0 aromatic heterocycles. The fourth-order valence-corrected chi connectivity index (χ4v) is 1.84. The van der Waals surface area contributed by atoms with Crippen molar-refractivity contribution < 1.29 is 4.74 Å². The number of hydrogen-bond acceptors (Lipinski definition) is 1. The lowest BCUT2D eigenvalue weighted by molar-refractivity contribution is 0.195. The van der Waals surface area contributed by atoms with E-state index in [4.69, 9.17) is 4.74 Å². The summed E-state index contributed by atoms with van der Waals surface area (Å²) in [6.45, 7) is 4.31. The van der Waals surface area contributed by atoms with Gasteiger partial charge in [0.05, 0.1) is 0 Å². The van der Waals surface area contributed by atoms with Crippen molar-refractivity contribution in [3.8, 4) is 5.75 Å². The molecule has 0 bridgehead atoms. The molecular formula is C16H18O. The minimum Gasteiger partial charge on any atom is -0.490 e. The summed E-state index contributed by atoms with van der Waals surface area (Å²) < 4.78 is 5.93. The van der Waals surface area contributed by atoms with Gasteiger partial charge in [-0.25, -0.2) is 0 Å². The maximum absolute atomic E-state index is 5.93. The maximum Gasteiger partial charge on any atom is 0.119 e. The van der Waals surface area contributed by atoms with E-state index in [1.54, 1.807) is 0 Å². The zero-order chi connectivity index (χ0) is 12.1. The fraction of sp³-hybridized carbons (Fsp3) is 0.250. The second-order valence-corrected chi connectivity index (χ2v) is 4.34. The van der Waals surface area contributed by atoms with Crippen LogP contribution >= 0.6 is 0 Å². The Labute approximate surface area is 103 Å². The van der Waals surface area contributed by atoms with Gasteiger partial charge in [-0.15, -0.1) is 0 Å². The molecular weight excluding hydrogens is 208 g/mol. The second-order valence-electron chi connectivity index (χ2n) is 4.34. The summed E-state index contributed by atoms with van der Waals surface area (Å²) >= 11 is 0. The second kappa shape index (κ2) is 5.53. The van der Waals surface area contributed by atoms with Gasteiger partial charge in [-0.3, -0.25) is 0 Å². The van der Waals surface area contributed by atoms with Crippen molar-refractivity contribution in [2.24, 2.45) is 0 Å². The quantitative estimate of drug-likeness (QED) is 0.757. The summed E-state index contributed by atoms with van der Waals surface area (Å²) in [6, 6.07) is 20.5. The molecule has 1 heteroatoms. The van der Waals surface area contributed by atoms with Crippen molar-refractivity contribution in [1.82, 2.24) is 0 Å². The molecule has 0 heterocycles. The monoisotopic (exact) mass is 226 g/mol. The molecule has 1 nitrogen and oxygen atoms in total. The van der Waals surface area contributed by atoms with Crippen molar-refractivity contribution in [1.29, 1.82) is 0 Å². The zero-order valence-corrected chi connectivity index (χ0v) is 10.3. The molecule has 0 radical (unpaired) electrons. The van der Waals surface area contributed by atoms with Gasteiger partial charge in [0.1, 0.15) is 11.9 Å². The molecule has 17 heavy (non-hydrogen) atoms. The van der Waals surface area contributed by atoms with E-state index >= 15 is 0 Å². The summed E-state index contributed by atoms with van der Waals surface area (Å²) in [5, 5.41) is 0. The Balaban J connectivity index is 2.03. The Kier molecular flexibility index (Phi) is 3.81. The highest BCUT2D eigenvalue weighted by atomic mass is 16.5. The summed E-state index contributed by atoms with van der Waals surface area (Å²) in [7, 11) is 0. The molecule has 88 valence electrons. The Morgan fingerprint density at radius 3 is 1.88 bits per heavy atom. The van der Waals surface area contributed by atoms with Crippen LogP contribution in [0.5, 0.6) is 5.75 Å². The van der Waals surface area contributed by atoms with Crippen LogP contribution in [-0.4, -0.2) is 6.10 Å². The van der Waals surface area contributed by atoms with Gasteiger partial charge in [0.2, 0.25) is 0 Å². The number of para-hydroxylation sites is 1. The van der Waals surface area contributed by atoms with Gasteiger partial charge in [-0.05, 0) is 24.6 Å². The smallest absolute Gasteiger partial charge is 0.119 e. The van der Waals surface area contributed by atoms with Crippen LogP contribution < -0.4 is 4.74 Å². The van der Waals surface area contributed by atoms with E-state index < -0.39 is 0 Å². The molecule has 2 rings (SSSR count). The topological polar surface area (TPSA) is 9.23 Å². The standard InChI is InChI=1S/C16H18O/c1-13(15-9-5-3-6-10-15)14(2)17-16-11-7-4-8-12-16/h3-14H,1-2H3/t13-,14-/m0/s1. The van der Waals surface area contributed by atoms with Gasteiger partial charge < -0.3 is 4.74 Å². The van der Waals surface area contributed by atoms with Gasteiger partial charge >= 0.3 is 0 Å². The first-order valence-electron chi connectivity index (χ1n) is 6.04. The molecule has 0 saturated heterocycles. The highest BCUT2D eigenvalue weighted by Crippen LogP contribution is 2.23. The van der Waals surface area contributed by atoms with Crippen LogP contribution in [0.4, 0.5) is 0 Å². The van der Waals surface area contributed by atoms with Gasteiger partial charge in [0, 0.05) is 5.92 Å². The van der Waals surface area contributed by atoms with E-state index in [0.29, 0.717) is 5.92 Å². The molecule has 0 spiro atoms. The van der Waals surface area contributed by atoms with Gasteiger partial charge in [-0.1, -0.05) is 55.5 Å². The van der Waals surface area contributed by atoms with Crippen molar-refractivity contribution in [3.63, 3.8) is 0 Å². The SMILES string of the molecule is C[C@H](Oc1ccccc1)[C@H](C)c1ccccc1. The fourth-order valence-electron chi connectivity index (χ4n) is 1.84. The first-order chi connectivity index (χ1) is 8.27. The Morgan fingerprint density at radius 1 is 0.765 bits per heavy atom. The number of hydrogen-bond donors (Lipinski definition) is 0. The minimum atomic E-state index is 0.166. The summed E-state index contributed by atoms with van der Waals surface area (Å²) in [4.78, 5) is 0. The van der Waals surface area contributed by atoms with Crippen LogP contribution in [0.25, 0.3) is 0 Å². The molecule has 0 aliphatic carbocycles. The number of benzene rings is 2. The normalized spacial score (nSPS) is 14.0. The third-order valence-electron chi connectivity index (χ3n) is 3.09. The first kappa shape index (κ1) is 11.7. The molecule has 0 N–H and O–H groups in total. The Hall–Kier alpha value is -1.76. The molecule has 2 atom stereocenters. The van der Waals surface area contributed by atoms with Crippen LogP contribution in [0, 0.1) is 0 Å². The molecule has 0 aliphatic rings. The number of ether oxygens (including phenoxy) is 1. The summed E-state index contributed by atoms with van der Waals surface area (Å²) in [6.07, 6.45) is 0.166. The van der Waals surface area contributed by atoms with E-state index in [0.717, 1.165) is 5.75 Å². The molecule has 0 saturated carbocycles. The van der Waals surface area contributed by atoms with Crippen LogP contribution in [-0.2, 0) is 0 Å². The van der Waals surface area contributed by atoms with E-state index in [1.807, 2.05) is 36.4 Å². The van der Waals surface area contributed by atoms with E-state index in [2.05, 4.69) is 38.1 Å². The highest BCUT2D eigenvalue weighted by molar-refractivity contribution is 5.23. The van der Waals surface area contributed by atoms with Crippen molar-refractivity contribution in [3.05, 3.63) is 66.2 Å². The predicted octanol–water partition coefficient (Wildman–Crippen LogP) is 4.26. The molecule has 0 unspecified atom stereocenters. The largest absolute Gasteiger partial charge is 0.490 e. The van der Waals surface area contributed by atoms with Crippen LogP contribution in [0.15, 0.2) is 60.7 Å². The van der Waals surface area contributed by atoms with Crippen molar-refractivity contribution in [2.45, 2.75) is 25.9 Å². The number of rotatable bonds is 4. The Bertz CT molecular complexity index is 436. The van der Waals surface area contributed by atoms with Gasteiger partial charge in [0.15, 0.2) is 0 Å². The third kappa shape index (κ3) is 3.10. The Morgan fingerprint density at radius 2 is 1.29 bits per heavy atom. The first-order valence-corrected chi connectivity index (χ1v) is 6.04. The summed E-state index contributed by atoms with van der Waals surface area (Å²) in [5.41, 5.74) is 1.32. The lowest BCUT2D eigenvalue weighted by Gasteiger charge is -2.21. The van der Waals surface area contributed by atoms with Gasteiger partial charge in [-0.2, -0.15) is 0 Å². The van der Waals surface area contributed by atoms with Crippen molar-refractivity contribution >= 4 is 0 Å². The van der Waals surface area contributed by atoms with E-state index in [-0.39, 0.29) is 6.10 Å². The predicted molar refractivity (Wildman–Crippen MR) is 71.4 cm³/mol. The average Bonchev–Trinajstić information content (AvgIpc) is 2.40. The van der Waals surface area contributed by atoms with Crippen molar-refractivity contribution in [2.75, 3.05) is 0 Å². The maximum atomic E-state index is 5.93. The van der Waals surface area contributed by atoms with Crippen LogP contribution in [0.2, 0.25) is 0 Å². The highest BCUT2D eigenvalue weighted by Gasteiger charge is 2.15. The minimum absolute atomic E-state index is 0.166. The van der Waals surface area contributed by atoms with E-state index in [1.165, 1.54) is 5.56 Å². The molecule has 2 aromatic carbocycles. The molecule has 2 aromatic rings. The third-order valence-corrected chi connectivity index (χ3v) is 3.09. The van der Waals surface area contributed by atoms with E-state index in [9.17, 15) is 0 Å². The zero-order valence-electron chi connectivity index (χ0n) is 10.3. The van der Waals surface area contributed by atoms with Crippen LogP contribution in [0.3, 0.4) is 0 Å². The average molecular weight is 226 g/mol. The van der Waals surface area contributed by atoms with Gasteiger partial charge in [0.25, 0.3) is 0 Å². The lowest BCUT2D eigenvalue weighted by Crippen LogP contribution is -2.19. The molecule has 0 fully saturated rings.